The van der Waals surface area contributed by atoms with Crippen LogP contribution in [0.2, 0.25) is 0 Å². The first-order chi connectivity index (χ1) is 8.50. The van der Waals surface area contributed by atoms with Crippen LogP contribution < -0.4 is 10.1 Å². The molecule has 5 heteroatoms. The minimum absolute atomic E-state index is 0.139. The molecule has 1 aromatic carbocycles. The number of hydrogen-bond donors (Lipinski definition) is 1. The fraction of sp³-hybridized carbons (Fsp3) is 0.538. The summed E-state index contributed by atoms with van der Waals surface area (Å²) in [7, 11) is 0. The van der Waals surface area contributed by atoms with Crippen molar-refractivity contribution in [1.29, 1.82) is 0 Å². The van der Waals surface area contributed by atoms with Gasteiger partial charge in [0.2, 0.25) is 0 Å². The van der Waals surface area contributed by atoms with Gasteiger partial charge < -0.3 is 10.1 Å². The van der Waals surface area contributed by atoms with Gasteiger partial charge in [0.05, 0.1) is 6.61 Å². The minimum atomic E-state index is -4.33. The number of halogens is 3. The third kappa shape index (κ3) is 3.91. The van der Waals surface area contributed by atoms with Crippen LogP contribution in [0.1, 0.15) is 31.9 Å². The van der Waals surface area contributed by atoms with Crippen molar-refractivity contribution in [2.24, 2.45) is 0 Å². The molecule has 0 saturated carbocycles. The van der Waals surface area contributed by atoms with Crippen molar-refractivity contribution in [3.8, 4) is 5.75 Å². The highest BCUT2D eigenvalue weighted by Gasteiger charge is 2.41. The number of para-hydroxylation sites is 1. The van der Waals surface area contributed by atoms with Crippen molar-refractivity contribution in [3.05, 3.63) is 29.8 Å². The van der Waals surface area contributed by atoms with Gasteiger partial charge in [-0.05, 0) is 19.0 Å². The zero-order valence-electron chi connectivity index (χ0n) is 10.6. The predicted octanol–water partition coefficient (Wildman–Crippen LogP) is 3.69. The lowest BCUT2D eigenvalue weighted by molar-refractivity contribution is -0.157. The van der Waals surface area contributed by atoms with Gasteiger partial charge >= 0.3 is 6.18 Å². The van der Waals surface area contributed by atoms with E-state index in [0.29, 0.717) is 12.4 Å². The summed E-state index contributed by atoms with van der Waals surface area (Å²) in [6.07, 6.45) is -3.58. The van der Waals surface area contributed by atoms with Crippen LogP contribution in [-0.2, 0) is 0 Å². The lowest BCUT2D eigenvalue weighted by Gasteiger charge is -2.23. The van der Waals surface area contributed by atoms with Gasteiger partial charge in [0.1, 0.15) is 11.8 Å². The maximum atomic E-state index is 13.0. The molecule has 1 atom stereocenters. The number of hydrogen-bond acceptors (Lipinski definition) is 2. The summed E-state index contributed by atoms with van der Waals surface area (Å²) >= 11 is 0. The average Bonchev–Trinajstić information content (AvgIpc) is 2.32. The van der Waals surface area contributed by atoms with E-state index in [1.165, 1.54) is 6.07 Å². The van der Waals surface area contributed by atoms with Crippen LogP contribution >= 0.6 is 0 Å². The smallest absolute Gasteiger partial charge is 0.408 e. The fourth-order valence-corrected chi connectivity index (χ4v) is 1.67. The molecular weight excluding hydrogens is 243 g/mol. The zero-order valence-corrected chi connectivity index (χ0v) is 10.6. The molecule has 0 amide bonds. The van der Waals surface area contributed by atoms with Crippen LogP contribution in [0.3, 0.4) is 0 Å². The van der Waals surface area contributed by atoms with E-state index in [4.69, 9.17) is 4.74 Å². The second kappa shape index (κ2) is 6.64. The number of ether oxygens (including phenoxy) is 1. The van der Waals surface area contributed by atoms with Gasteiger partial charge in [0.25, 0.3) is 0 Å². The van der Waals surface area contributed by atoms with Gasteiger partial charge in [0.15, 0.2) is 0 Å². The largest absolute Gasteiger partial charge is 0.493 e. The molecule has 0 aliphatic heterocycles. The summed E-state index contributed by atoms with van der Waals surface area (Å²) in [5, 5.41) is 2.45. The van der Waals surface area contributed by atoms with Gasteiger partial charge in [-0.25, -0.2) is 0 Å². The molecule has 102 valence electrons. The van der Waals surface area contributed by atoms with Crippen LogP contribution in [0.4, 0.5) is 13.2 Å². The lowest BCUT2D eigenvalue weighted by atomic mass is 10.1. The van der Waals surface area contributed by atoms with Gasteiger partial charge in [-0.2, -0.15) is 13.2 Å². The van der Waals surface area contributed by atoms with Crippen LogP contribution in [0, 0.1) is 0 Å². The van der Waals surface area contributed by atoms with Gasteiger partial charge in [-0.1, -0.05) is 32.0 Å². The van der Waals surface area contributed by atoms with E-state index in [1.807, 2.05) is 6.92 Å². The van der Waals surface area contributed by atoms with Gasteiger partial charge in [-0.3, -0.25) is 0 Å². The molecule has 0 aliphatic carbocycles. The zero-order chi connectivity index (χ0) is 13.6. The molecule has 0 fully saturated rings. The van der Waals surface area contributed by atoms with E-state index in [9.17, 15) is 13.2 Å². The predicted molar refractivity (Wildman–Crippen MR) is 64.7 cm³/mol. The first kappa shape index (κ1) is 14.8. The van der Waals surface area contributed by atoms with E-state index in [-0.39, 0.29) is 12.1 Å². The van der Waals surface area contributed by atoms with Crippen LogP contribution in [0.15, 0.2) is 24.3 Å². The number of nitrogens with one attached hydrogen (secondary N) is 1. The summed E-state index contributed by atoms with van der Waals surface area (Å²) in [5.74, 6) is 0.294. The van der Waals surface area contributed by atoms with Crippen molar-refractivity contribution in [2.45, 2.75) is 32.5 Å². The second-order valence-corrected chi connectivity index (χ2v) is 3.92. The summed E-state index contributed by atoms with van der Waals surface area (Å²) < 4.78 is 44.3. The first-order valence-corrected chi connectivity index (χ1v) is 6.02. The van der Waals surface area contributed by atoms with Crippen LogP contribution in [0.5, 0.6) is 5.75 Å². The third-order valence-corrected chi connectivity index (χ3v) is 2.43. The van der Waals surface area contributed by atoms with Crippen molar-refractivity contribution >= 4 is 0 Å². The monoisotopic (exact) mass is 261 g/mol. The maximum Gasteiger partial charge on any atom is 0.408 e. The summed E-state index contributed by atoms with van der Waals surface area (Å²) in [6.45, 7) is 4.21. The van der Waals surface area contributed by atoms with E-state index in [1.54, 1.807) is 25.1 Å². The normalized spacial score (nSPS) is 13.4. The highest BCUT2D eigenvalue weighted by Crippen LogP contribution is 2.37. The molecule has 0 radical (unpaired) electrons. The molecule has 0 saturated heterocycles. The van der Waals surface area contributed by atoms with Crippen molar-refractivity contribution < 1.29 is 17.9 Å². The molecule has 1 rings (SSSR count). The van der Waals surface area contributed by atoms with Gasteiger partial charge in [-0.15, -0.1) is 0 Å². The molecule has 0 aliphatic rings. The quantitative estimate of drug-likeness (QED) is 0.843. The third-order valence-electron chi connectivity index (χ3n) is 2.43. The molecule has 2 nitrogen and oxygen atoms in total. The van der Waals surface area contributed by atoms with Crippen LogP contribution in [-0.4, -0.2) is 19.3 Å². The van der Waals surface area contributed by atoms with Crippen molar-refractivity contribution in [1.82, 2.24) is 5.32 Å². The molecule has 0 bridgehead atoms. The maximum absolute atomic E-state index is 13.0. The van der Waals surface area contributed by atoms with Crippen molar-refractivity contribution in [2.75, 3.05) is 13.2 Å². The Morgan fingerprint density at radius 3 is 2.44 bits per heavy atom. The van der Waals surface area contributed by atoms with Crippen LogP contribution in [0.25, 0.3) is 0 Å². The Morgan fingerprint density at radius 2 is 1.89 bits per heavy atom. The van der Waals surface area contributed by atoms with E-state index < -0.39 is 12.2 Å². The Balaban J connectivity index is 3.03. The second-order valence-electron chi connectivity index (χ2n) is 3.92. The molecule has 1 aromatic rings. The topological polar surface area (TPSA) is 21.3 Å². The Bertz CT molecular complexity index is 365. The SMILES string of the molecule is CCCOc1ccccc1C(NCC)C(F)(F)F. The van der Waals surface area contributed by atoms with E-state index in [0.717, 1.165) is 6.42 Å². The Kier molecular flexibility index (Phi) is 5.47. The first-order valence-electron chi connectivity index (χ1n) is 6.02. The Morgan fingerprint density at radius 1 is 1.22 bits per heavy atom. The molecule has 0 spiro atoms. The molecule has 18 heavy (non-hydrogen) atoms. The summed E-state index contributed by atoms with van der Waals surface area (Å²) in [6, 6.07) is 4.60. The molecular formula is C13H18F3NO. The van der Waals surface area contributed by atoms with Crippen molar-refractivity contribution in [3.63, 3.8) is 0 Å². The average molecular weight is 261 g/mol. The summed E-state index contributed by atoms with van der Waals surface area (Å²) in [5.41, 5.74) is 0.139. The molecule has 0 heterocycles. The lowest BCUT2D eigenvalue weighted by Crippen LogP contribution is -2.34. The fourth-order valence-electron chi connectivity index (χ4n) is 1.67. The molecule has 1 N–H and O–H groups in total. The minimum Gasteiger partial charge on any atom is -0.493 e. The summed E-state index contributed by atoms with van der Waals surface area (Å²) in [4.78, 5) is 0. The Labute approximate surface area is 105 Å². The highest BCUT2D eigenvalue weighted by molar-refractivity contribution is 5.36. The number of rotatable bonds is 6. The number of benzene rings is 1. The van der Waals surface area contributed by atoms with Gasteiger partial charge in [0, 0.05) is 5.56 Å². The van der Waals surface area contributed by atoms with E-state index >= 15 is 0 Å². The standard InChI is InChI=1S/C13H18F3NO/c1-3-9-18-11-8-6-5-7-10(11)12(17-4-2)13(14,15)16/h5-8,12,17H,3-4,9H2,1-2H3. The molecule has 1 unspecified atom stereocenters. The Hall–Kier alpha value is -1.23. The highest BCUT2D eigenvalue weighted by atomic mass is 19.4. The molecule has 0 aromatic heterocycles. The number of alkyl halides is 3. The van der Waals surface area contributed by atoms with E-state index in [2.05, 4.69) is 5.32 Å².